The molecule has 1 N–H and O–H groups in total. The molecule has 31 heavy (non-hydrogen) atoms. The van der Waals surface area contributed by atoms with E-state index in [1.54, 1.807) is 50.4 Å². The number of fused-ring (bicyclic) bond motifs is 1. The molecule has 0 aliphatic carbocycles. The normalized spacial score (nSPS) is 11.9. The van der Waals surface area contributed by atoms with Crippen molar-refractivity contribution in [2.45, 2.75) is 13.0 Å². The van der Waals surface area contributed by atoms with Gasteiger partial charge in [0.15, 0.2) is 6.10 Å². The van der Waals surface area contributed by atoms with Crippen molar-refractivity contribution in [2.24, 2.45) is 0 Å². The quantitative estimate of drug-likeness (QED) is 0.434. The third kappa shape index (κ3) is 4.73. The number of ether oxygens (including phenoxy) is 2. The van der Waals surface area contributed by atoms with E-state index in [9.17, 15) is 4.79 Å². The summed E-state index contributed by atoms with van der Waals surface area (Å²) >= 11 is 12.0. The molecule has 0 bridgehead atoms. The van der Waals surface area contributed by atoms with E-state index in [1.165, 1.54) is 4.80 Å². The van der Waals surface area contributed by atoms with Crippen LogP contribution in [-0.2, 0) is 4.79 Å². The van der Waals surface area contributed by atoms with Gasteiger partial charge in [-0.2, -0.15) is 4.80 Å². The van der Waals surface area contributed by atoms with Crippen LogP contribution in [0.4, 0.5) is 5.69 Å². The number of aromatic nitrogens is 3. The van der Waals surface area contributed by atoms with Crippen LogP contribution in [0.25, 0.3) is 16.7 Å². The first kappa shape index (κ1) is 21.0. The smallest absolute Gasteiger partial charge is 0.265 e. The van der Waals surface area contributed by atoms with E-state index < -0.39 is 6.10 Å². The minimum atomic E-state index is -0.774. The molecular weight excluding hydrogens is 439 g/mol. The predicted molar refractivity (Wildman–Crippen MR) is 121 cm³/mol. The number of nitrogens with zero attached hydrogens (tertiary/aromatic N) is 3. The average molecular weight is 457 g/mol. The Hall–Kier alpha value is -3.29. The Labute approximate surface area is 188 Å². The van der Waals surface area contributed by atoms with Crippen molar-refractivity contribution in [1.29, 1.82) is 0 Å². The number of carbonyl (C=O) groups is 1. The van der Waals surface area contributed by atoms with Crippen LogP contribution < -0.4 is 14.8 Å². The van der Waals surface area contributed by atoms with Crippen LogP contribution in [0.15, 0.2) is 60.7 Å². The van der Waals surface area contributed by atoms with E-state index in [-0.39, 0.29) is 5.91 Å². The lowest BCUT2D eigenvalue weighted by Crippen LogP contribution is -2.30. The highest BCUT2D eigenvalue weighted by Gasteiger charge is 2.17. The monoisotopic (exact) mass is 456 g/mol. The highest BCUT2D eigenvalue weighted by atomic mass is 35.5. The van der Waals surface area contributed by atoms with Crippen LogP contribution in [-0.4, -0.2) is 34.1 Å². The van der Waals surface area contributed by atoms with Gasteiger partial charge in [-0.3, -0.25) is 4.79 Å². The lowest BCUT2D eigenvalue weighted by molar-refractivity contribution is -0.122. The lowest BCUT2D eigenvalue weighted by Gasteiger charge is -2.15. The molecule has 0 saturated carbocycles. The van der Waals surface area contributed by atoms with Gasteiger partial charge in [0.05, 0.1) is 17.8 Å². The Balaban J connectivity index is 1.48. The van der Waals surface area contributed by atoms with E-state index >= 15 is 0 Å². The molecule has 0 aliphatic heterocycles. The van der Waals surface area contributed by atoms with Crippen molar-refractivity contribution >= 4 is 45.8 Å². The molecule has 0 aliphatic rings. The molecule has 0 radical (unpaired) electrons. The molecule has 4 aromatic rings. The van der Waals surface area contributed by atoms with Crippen LogP contribution >= 0.6 is 23.2 Å². The molecule has 0 unspecified atom stereocenters. The molecule has 7 nitrogen and oxygen atoms in total. The fraction of sp³-hybridized carbons (Fsp3) is 0.136. The highest BCUT2D eigenvalue weighted by Crippen LogP contribution is 2.28. The zero-order chi connectivity index (χ0) is 22.0. The van der Waals surface area contributed by atoms with Crippen molar-refractivity contribution < 1.29 is 14.3 Å². The average Bonchev–Trinajstić information content (AvgIpc) is 3.19. The Morgan fingerprint density at radius 2 is 1.74 bits per heavy atom. The van der Waals surface area contributed by atoms with E-state index in [1.807, 2.05) is 24.3 Å². The largest absolute Gasteiger partial charge is 0.497 e. The molecule has 158 valence electrons. The van der Waals surface area contributed by atoms with Crippen LogP contribution in [0.2, 0.25) is 10.0 Å². The van der Waals surface area contributed by atoms with Gasteiger partial charge in [0, 0.05) is 10.7 Å². The third-order valence-electron chi connectivity index (χ3n) is 4.52. The molecule has 0 spiro atoms. The number of hydrogen-bond donors (Lipinski definition) is 1. The van der Waals surface area contributed by atoms with Crippen molar-refractivity contribution in [1.82, 2.24) is 15.0 Å². The minimum absolute atomic E-state index is 0.326. The Morgan fingerprint density at radius 3 is 2.45 bits per heavy atom. The number of hydrogen-bond acceptors (Lipinski definition) is 5. The zero-order valence-electron chi connectivity index (χ0n) is 16.7. The number of amides is 1. The molecular formula is C22H18Cl2N4O3. The lowest BCUT2D eigenvalue weighted by atomic mass is 10.2. The van der Waals surface area contributed by atoms with Crippen LogP contribution in [0.3, 0.4) is 0 Å². The Morgan fingerprint density at radius 1 is 1.00 bits per heavy atom. The molecule has 4 rings (SSSR count). The van der Waals surface area contributed by atoms with E-state index in [0.29, 0.717) is 32.5 Å². The van der Waals surface area contributed by atoms with E-state index in [4.69, 9.17) is 32.7 Å². The summed E-state index contributed by atoms with van der Waals surface area (Å²) in [7, 11) is 1.61. The fourth-order valence-electron chi connectivity index (χ4n) is 2.88. The van der Waals surface area contributed by atoms with E-state index in [0.717, 1.165) is 11.4 Å². The summed E-state index contributed by atoms with van der Waals surface area (Å²) < 4.78 is 10.8. The van der Waals surface area contributed by atoms with Crippen LogP contribution in [0.5, 0.6) is 11.5 Å². The maximum absolute atomic E-state index is 12.6. The standard InChI is InChI=1S/C22H18Cl2N4O3/c1-13(31-21-10-3-14(23)11-18(21)24)22(29)25-15-4-9-19-20(12-15)27-28(26-19)16-5-7-17(30-2)8-6-16/h3-13H,1-2H3,(H,25,29)/t13-/m0/s1. The maximum atomic E-state index is 12.6. The molecule has 1 amide bonds. The van der Waals surface area contributed by atoms with Gasteiger partial charge in [-0.25, -0.2) is 0 Å². The second-order valence-corrected chi connectivity index (χ2v) is 7.56. The van der Waals surface area contributed by atoms with Gasteiger partial charge >= 0.3 is 0 Å². The zero-order valence-corrected chi connectivity index (χ0v) is 18.2. The van der Waals surface area contributed by atoms with Crippen LogP contribution in [0, 0.1) is 0 Å². The molecule has 1 aromatic heterocycles. The highest BCUT2D eigenvalue weighted by molar-refractivity contribution is 6.35. The van der Waals surface area contributed by atoms with Gasteiger partial charge in [0.2, 0.25) is 0 Å². The van der Waals surface area contributed by atoms with Gasteiger partial charge in [0.1, 0.15) is 22.5 Å². The summed E-state index contributed by atoms with van der Waals surface area (Å²) in [6.45, 7) is 1.64. The summed E-state index contributed by atoms with van der Waals surface area (Å²) in [6.07, 6.45) is -0.774. The number of rotatable bonds is 6. The maximum Gasteiger partial charge on any atom is 0.265 e. The number of benzene rings is 3. The first-order valence-electron chi connectivity index (χ1n) is 9.37. The minimum Gasteiger partial charge on any atom is -0.497 e. The topological polar surface area (TPSA) is 78.3 Å². The van der Waals surface area contributed by atoms with Gasteiger partial charge in [-0.1, -0.05) is 23.2 Å². The number of carbonyl (C=O) groups excluding carboxylic acids is 1. The van der Waals surface area contributed by atoms with Crippen molar-refractivity contribution in [3.05, 3.63) is 70.7 Å². The Bertz CT molecular complexity index is 1240. The number of anilines is 1. The van der Waals surface area contributed by atoms with Crippen molar-refractivity contribution in [3.8, 4) is 17.2 Å². The summed E-state index contributed by atoms with van der Waals surface area (Å²) in [5.41, 5.74) is 2.72. The molecule has 1 heterocycles. The molecule has 1 atom stereocenters. The molecule has 9 heteroatoms. The fourth-order valence-corrected chi connectivity index (χ4v) is 3.34. The number of halogens is 2. The van der Waals surface area contributed by atoms with Gasteiger partial charge in [0.25, 0.3) is 5.91 Å². The number of nitrogens with one attached hydrogen (secondary N) is 1. The van der Waals surface area contributed by atoms with Crippen molar-refractivity contribution in [2.75, 3.05) is 12.4 Å². The second kappa shape index (κ2) is 8.83. The Kier molecular flexibility index (Phi) is 5.97. The van der Waals surface area contributed by atoms with Gasteiger partial charge < -0.3 is 14.8 Å². The summed E-state index contributed by atoms with van der Waals surface area (Å²) in [5, 5.41) is 12.6. The predicted octanol–water partition coefficient (Wildman–Crippen LogP) is 5.14. The van der Waals surface area contributed by atoms with Crippen molar-refractivity contribution in [3.63, 3.8) is 0 Å². The molecule has 0 saturated heterocycles. The molecule has 0 fully saturated rings. The molecule has 3 aromatic carbocycles. The van der Waals surface area contributed by atoms with Crippen LogP contribution in [0.1, 0.15) is 6.92 Å². The number of methoxy groups -OCH3 is 1. The van der Waals surface area contributed by atoms with Gasteiger partial charge in [-0.15, -0.1) is 10.2 Å². The van der Waals surface area contributed by atoms with Gasteiger partial charge in [-0.05, 0) is 67.6 Å². The SMILES string of the molecule is COc1ccc(-n2nc3ccc(NC(=O)[C@H](C)Oc4ccc(Cl)cc4Cl)cc3n2)cc1. The van der Waals surface area contributed by atoms with E-state index in [2.05, 4.69) is 15.5 Å². The summed E-state index contributed by atoms with van der Waals surface area (Å²) in [5.74, 6) is 0.807. The first-order valence-corrected chi connectivity index (χ1v) is 10.1. The summed E-state index contributed by atoms with van der Waals surface area (Å²) in [6, 6.07) is 17.5. The first-order chi connectivity index (χ1) is 14.9. The summed E-state index contributed by atoms with van der Waals surface area (Å²) in [4.78, 5) is 14.1. The second-order valence-electron chi connectivity index (χ2n) is 6.72. The third-order valence-corrected chi connectivity index (χ3v) is 5.05.